The first-order valence-corrected chi connectivity index (χ1v) is 11.8. The lowest BCUT2D eigenvalue weighted by molar-refractivity contribution is -0.385. The molecule has 0 heterocycles. The number of benzene rings is 4. The molecule has 4 aromatic rings. The van der Waals surface area contributed by atoms with E-state index in [1.807, 2.05) is 0 Å². The maximum atomic E-state index is 12.7. The molecular formula is C29H21N3O8. The molecule has 0 aromatic heterocycles. The molecule has 1 N–H and O–H groups in total. The first-order chi connectivity index (χ1) is 19.4. The van der Waals surface area contributed by atoms with Gasteiger partial charge in [-0.25, -0.2) is 15.0 Å². The van der Waals surface area contributed by atoms with E-state index in [0.717, 1.165) is 0 Å². The van der Waals surface area contributed by atoms with Gasteiger partial charge in [-0.3, -0.25) is 14.9 Å². The quantitative estimate of drug-likeness (QED) is 0.101. The van der Waals surface area contributed by atoms with Crippen LogP contribution in [-0.4, -0.2) is 35.6 Å². The predicted molar refractivity (Wildman–Crippen MR) is 144 cm³/mol. The van der Waals surface area contributed by atoms with Crippen molar-refractivity contribution in [1.82, 2.24) is 5.43 Å². The molecule has 1 amide bonds. The summed E-state index contributed by atoms with van der Waals surface area (Å²) in [6, 6.07) is 26.6. The van der Waals surface area contributed by atoms with E-state index < -0.39 is 29.4 Å². The second-order valence-corrected chi connectivity index (χ2v) is 8.02. The number of hydrogen-bond acceptors (Lipinski definition) is 9. The molecule has 40 heavy (non-hydrogen) atoms. The topological polar surface area (TPSA) is 146 Å². The molecule has 11 heteroatoms. The highest BCUT2D eigenvalue weighted by molar-refractivity contribution is 5.94. The van der Waals surface area contributed by atoms with E-state index in [4.69, 9.17) is 14.2 Å². The van der Waals surface area contributed by atoms with Crippen LogP contribution < -0.4 is 19.6 Å². The van der Waals surface area contributed by atoms with Crippen LogP contribution in [0.4, 0.5) is 5.69 Å². The maximum Gasteiger partial charge on any atom is 0.343 e. The van der Waals surface area contributed by atoms with E-state index in [2.05, 4.69) is 10.5 Å². The van der Waals surface area contributed by atoms with Gasteiger partial charge >= 0.3 is 17.6 Å². The molecule has 0 radical (unpaired) electrons. The third kappa shape index (κ3) is 7.35. The molecule has 0 bridgehead atoms. The summed E-state index contributed by atoms with van der Waals surface area (Å²) in [5.41, 5.74) is 2.87. The number of rotatable bonds is 10. The van der Waals surface area contributed by atoms with Crippen molar-refractivity contribution >= 4 is 29.7 Å². The second-order valence-electron chi connectivity index (χ2n) is 8.02. The van der Waals surface area contributed by atoms with Gasteiger partial charge in [-0.1, -0.05) is 48.5 Å². The van der Waals surface area contributed by atoms with Gasteiger partial charge in [-0.2, -0.15) is 5.10 Å². The number of carbonyl (C=O) groups excluding carboxylic acids is 3. The van der Waals surface area contributed by atoms with Crippen molar-refractivity contribution in [3.05, 3.63) is 130 Å². The Morgan fingerprint density at radius 1 is 0.775 bits per heavy atom. The molecule has 0 aliphatic rings. The van der Waals surface area contributed by atoms with E-state index in [-0.39, 0.29) is 34.1 Å². The van der Waals surface area contributed by atoms with Crippen LogP contribution in [0.5, 0.6) is 17.2 Å². The van der Waals surface area contributed by atoms with Crippen LogP contribution in [0.2, 0.25) is 0 Å². The Bertz CT molecular complexity index is 1560. The Balaban J connectivity index is 1.47. The SMILES string of the molecule is O=C(COc1ccccc1[N+](=O)[O-])N/N=C\c1ccc(OC(=O)c2ccccc2)cc1OC(=O)c1ccccc1. The average molecular weight is 540 g/mol. The van der Waals surface area contributed by atoms with Gasteiger partial charge in [0.15, 0.2) is 12.4 Å². The molecule has 0 unspecified atom stereocenters. The molecule has 11 nitrogen and oxygen atoms in total. The van der Waals surface area contributed by atoms with Crippen LogP contribution in [0.15, 0.2) is 108 Å². The van der Waals surface area contributed by atoms with Crippen molar-refractivity contribution in [2.24, 2.45) is 5.10 Å². The lowest BCUT2D eigenvalue weighted by Crippen LogP contribution is -2.24. The van der Waals surface area contributed by atoms with Gasteiger partial charge in [0.2, 0.25) is 0 Å². The van der Waals surface area contributed by atoms with Crippen LogP contribution in [0.1, 0.15) is 26.3 Å². The predicted octanol–water partition coefficient (Wildman–Crippen LogP) is 4.56. The highest BCUT2D eigenvalue weighted by Crippen LogP contribution is 2.27. The molecule has 0 saturated carbocycles. The molecule has 0 aliphatic heterocycles. The number of nitro benzene ring substituents is 1. The van der Waals surface area contributed by atoms with Gasteiger partial charge in [-0.05, 0) is 42.5 Å². The molecule has 0 saturated heterocycles. The number of amides is 1. The van der Waals surface area contributed by atoms with E-state index in [1.165, 1.54) is 48.7 Å². The number of hydrogen-bond donors (Lipinski definition) is 1. The lowest BCUT2D eigenvalue weighted by Gasteiger charge is -2.10. The fourth-order valence-corrected chi connectivity index (χ4v) is 3.33. The fourth-order valence-electron chi connectivity index (χ4n) is 3.33. The molecule has 4 aromatic carbocycles. The minimum absolute atomic E-state index is 0.0152. The van der Waals surface area contributed by atoms with Gasteiger partial charge in [-0.15, -0.1) is 0 Å². The second kappa shape index (κ2) is 13.1. The summed E-state index contributed by atoms with van der Waals surface area (Å²) < 4.78 is 16.2. The Morgan fingerprint density at radius 3 is 2.02 bits per heavy atom. The molecular weight excluding hydrogens is 518 g/mol. The third-order valence-corrected chi connectivity index (χ3v) is 5.23. The molecule has 4 rings (SSSR count). The standard InChI is InChI=1S/C29H21N3O8/c33-27(19-38-25-14-8-7-13-24(25)32(36)37)31-30-18-22-15-16-23(39-28(34)20-9-3-1-4-10-20)17-26(22)40-29(35)21-11-5-2-6-12-21/h1-18H,19H2,(H,31,33)/b30-18-. The van der Waals surface area contributed by atoms with E-state index >= 15 is 0 Å². The van der Waals surface area contributed by atoms with Crippen LogP contribution in [-0.2, 0) is 4.79 Å². The summed E-state index contributed by atoms with van der Waals surface area (Å²) >= 11 is 0. The largest absolute Gasteiger partial charge is 0.477 e. The first kappa shape index (κ1) is 27.2. The monoisotopic (exact) mass is 539 g/mol. The average Bonchev–Trinajstić information content (AvgIpc) is 2.98. The number of hydrazone groups is 1. The smallest absolute Gasteiger partial charge is 0.343 e. The van der Waals surface area contributed by atoms with Crippen LogP contribution in [0, 0.1) is 10.1 Å². The number of nitro groups is 1. The Hall–Kier alpha value is -5.84. The maximum absolute atomic E-state index is 12.7. The van der Waals surface area contributed by atoms with Crippen molar-refractivity contribution < 1.29 is 33.5 Å². The van der Waals surface area contributed by atoms with Gasteiger partial charge < -0.3 is 14.2 Å². The lowest BCUT2D eigenvalue weighted by atomic mass is 10.2. The van der Waals surface area contributed by atoms with Crippen LogP contribution >= 0.6 is 0 Å². The molecule has 0 aliphatic carbocycles. The zero-order valence-corrected chi connectivity index (χ0v) is 20.8. The number of para-hydroxylation sites is 2. The molecule has 0 atom stereocenters. The number of nitrogens with zero attached hydrogens (tertiary/aromatic N) is 2. The summed E-state index contributed by atoms with van der Waals surface area (Å²) in [4.78, 5) is 47.8. The summed E-state index contributed by atoms with van der Waals surface area (Å²) in [7, 11) is 0. The number of nitrogens with one attached hydrogen (secondary N) is 1. The van der Waals surface area contributed by atoms with Crippen molar-refractivity contribution in [1.29, 1.82) is 0 Å². The van der Waals surface area contributed by atoms with Gasteiger partial charge in [0.25, 0.3) is 5.91 Å². The van der Waals surface area contributed by atoms with Crippen molar-refractivity contribution in [3.63, 3.8) is 0 Å². The summed E-state index contributed by atoms with van der Waals surface area (Å²) in [6.45, 7) is -0.535. The normalized spacial score (nSPS) is 10.5. The highest BCUT2D eigenvalue weighted by atomic mass is 16.6. The number of carbonyl (C=O) groups is 3. The first-order valence-electron chi connectivity index (χ1n) is 11.8. The molecule has 200 valence electrons. The van der Waals surface area contributed by atoms with Crippen molar-refractivity contribution in [2.45, 2.75) is 0 Å². The van der Waals surface area contributed by atoms with E-state index in [9.17, 15) is 24.5 Å². The summed E-state index contributed by atoms with van der Waals surface area (Å²) in [5, 5.41) is 14.9. The summed E-state index contributed by atoms with van der Waals surface area (Å²) in [6.07, 6.45) is 1.22. The summed E-state index contributed by atoms with van der Waals surface area (Å²) in [5.74, 6) is -1.89. The van der Waals surface area contributed by atoms with Crippen LogP contribution in [0.3, 0.4) is 0 Å². The Morgan fingerprint density at radius 2 is 1.38 bits per heavy atom. The number of ether oxygens (including phenoxy) is 3. The minimum Gasteiger partial charge on any atom is -0.477 e. The van der Waals surface area contributed by atoms with Gasteiger partial charge in [0, 0.05) is 17.7 Å². The highest BCUT2D eigenvalue weighted by Gasteiger charge is 2.16. The van der Waals surface area contributed by atoms with Crippen LogP contribution in [0.25, 0.3) is 0 Å². The molecule has 0 spiro atoms. The van der Waals surface area contributed by atoms with E-state index in [0.29, 0.717) is 5.56 Å². The minimum atomic E-state index is -0.689. The van der Waals surface area contributed by atoms with Crippen molar-refractivity contribution in [2.75, 3.05) is 6.61 Å². The zero-order chi connectivity index (χ0) is 28.3. The molecule has 0 fully saturated rings. The fraction of sp³-hybridized carbons (Fsp3) is 0.0345. The van der Waals surface area contributed by atoms with E-state index in [1.54, 1.807) is 60.7 Å². The Labute approximate surface area is 227 Å². The van der Waals surface area contributed by atoms with Crippen molar-refractivity contribution in [3.8, 4) is 17.2 Å². The van der Waals surface area contributed by atoms with Gasteiger partial charge in [0.05, 0.1) is 22.3 Å². The number of esters is 2. The van der Waals surface area contributed by atoms with Gasteiger partial charge in [0.1, 0.15) is 11.5 Å². The zero-order valence-electron chi connectivity index (χ0n) is 20.8. The Kier molecular flexibility index (Phi) is 8.91. The third-order valence-electron chi connectivity index (χ3n) is 5.23.